The summed E-state index contributed by atoms with van der Waals surface area (Å²) in [6, 6.07) is 20.7. The summed E-state index contributed by atoms with van der Waals surface area (Å²) >= 11 is 6.35. The Morgan fingerprint density at radius 1 is 1.12 bits per heavy atom. The van der Waals surface area contributed by atoms with E-state index in [0.29, 0.717) is 33.4 Å². The SMILES string of the molecule is Cc1ccc(NC(=O)COc2ccc(C=C(C#N)c3nc4ccc(C)cc4[nH]3)cc2Cl)cc1. The molecule has 164 valence electrons. The number of aromatic amines is 1. The molecule has 0 spiro atoms. The molecule has 3 aromatic carbocycles. The van der Waals surface area contributed by atoms with Crippen molar-refractivity contribution in [2.45, 2.75) is 13.8 Å². The molecule has 0 saturated carbocycles. The number of allylic oxidation sites excluding steroid dienone is 1. The third kappa shape index (κ3) is 5.40. The van der Waals surface area contributed by atoms with Crippen LogP contribution in [0.4, 0.5) is 5.69 Å². The number of nitrogens with zero attached hydrogens (tertiary/aromatic N) is 2. The van der Waals surface area contributed by atoms with Gasteiger partial charge in [0.1, 0.15) is 17.6 Å². The lowest BCUT2D eigenvalue weighted by molar-refractivity contribution is -0.118. The summed E-state index contributed by atoms with van der Waals surface area (Å²) in [6.07, 6.45) is 1.70. The maximum absolute atomic E-state index is 12.1. The first kappa shape index (κ1) is 22.1. The fourth-order valence-electron chi connectivity index (χ4n) is 3.27. The van der Waals surface area contributed by atoms with Crippen LogP contribution in [0, 0.1) is 25.2 Å². The molecule has 0 aliphatic heterocycles. The van der Waals surface area contributed by atoms with Crippen molar-refractivity contribution in [3.8, 4) is 11.8 Å². The maximum Gasteiger partial charge on any atom is 0.262 e. The lowest BCUT2D eigenvalue weighted by Crippen LogP contribution is -2.20. The fraction of sp³-hybridized carbons (Fsp3) is 0.115. The van der Waals surface area contributed by atoms with Crippen LogP contribution in [0.3, 0.4) is 0 Å². The largest absolute Gasteiger partial charge is 0.482 e. The van der Waals surface area contributed by atoms with Crippen molar-refractivity contribution in [3.05, 3.63) is 88.2 Å². The molecule has 0 aliphatic carbocycles. The average molecular weight is 457 g/mol. The standard InChI is InChI=1S/C26H21ClN4O2/c1-16-3-7-20(8-4-16)29-25(32)15-33-24-10-6-18(13-21(24)27)12-19(14-28)26-30-22-9-5-17(2)11-23(22)31-26/h3-13H,15H2,1-2H3,(H,29,32)(H,30,31). The van der Waals surface area contributed by atoms with Crippen molar-refractivity contribution in [1.29, 1.82) is 5.26 Å². The number of aromatic nitrogens is 2. The van der Waals surface area contributed by atoms with Crippen molar-refractivity contribution in [3.63, 3.8) is 0 Å². The van der Waals surface area contributed by atoms with E-state index in [9.17, 15) is 10.1 Å². The molecule has 0 fully saturated rings. The van der Waals surface area contributed by atoms with Gasteiger partial charge < -0.3 is 15.0 Å². The first-order valence-corrected chi connectivity index (χ1v) is 10.7. The van der Waals surface area contributed by atoms with Crippen LogP contribution in [0.25, 0.3) is 22.7 Å². The number of H-pyrrole nitrogens is 1. The van der Waals surface area contributed by atoms with Crippen LogP contribution in [0.15, 0.2) is 60.7 Å². The van der Waals surface area contributed by atoms with E-state index >= 15 is 0 Å². The summed E-state index contributed by atoms with van der Waals surface area (Å²) in [5.41, 5.74) is 5.68. The molecule has 2 N–H and O–H groups in total. The van der Waals surface area contributed by atoms with Gasteiger partial charge >= 0.3 is 0 Å². The van der Waals surface area contributed by atoms with E-state index in [1.54, 1.807) is 24.3 Å². The molecule has 1 amide bonds. The highest BCUT2D eigenvalue weighted by Crippen LogP contribution is 2.28. The van der Waals surface area contributed by atoms with Crippen LogP contribution in [0.1, 0.15) is 22.5 Å². The van der Waals surface area contributed by atoms with E-state index in [0.717, 1.165) is 22.2 Å². The number of anilines is 1. The topological polar surface area (TPSA) is 90.8 Å². The van der Waals surface area contributed by atoms with Crippen molar-refractivity contribution in [2.24, 2.45) is 0 Å². The molecule has 4 aromatic rings. The molecule has 1 aromatic heterocycles. The zero-order valence-corrected chi connectivity index (χ0v) is 18.9. The van der Waals surface area contributed by atoms with Gasteiger partial charge in [-0.05, 0) is 67.4 Å². The number of hydrogen-bond donors (Lipinski definition) is 2. The van der Waals surface area contributed by atoms with Crippen LogP contribution in [-0.4, -0.2) is 22.5 Å². The second kappa shape index (κ2) is 9.60. The van der Waals surface area contributed by atoms with Crippen molar-refractivity contribution < 1.29 is 9.53 Å². The van der Waals surface area contributed by atoms with Gasteiger partial charge in [0.2, 0.25) is 0 Å². The van der Waals surface area contributed by atoms with E-state index in [1.807, 2.05) is 56.3 Å². The van der Waals surface area contributed by atoms with Crippen molar-refractivity contribution >= 4 is 45.9 Å². The third-order valence-corrected chi connectivity index (χ3v) is 5.27. The number of imidazole rings is 1. The van der Waals surface area contributed by atoms with Gasteiger partial charge in [-0.25, -0.2) is 4.98 Å². The molecule has 0 radical (unpaired) electrons. The van der Waals surface area contributed by atoms with Gasteiger partial charge in [-0.15, -0.1) is 0 Å². The van der Waals surface area contributed by atoms with Crippen LogP contribution in [-0.2, 0) is 4.79 Å². The molecular formula is C26H21ClN4O2. The number of carbonyl (C=O) groups excluding carboxylic acids is 1. The first-order chi connectivity index (χ1) is 15.9. The molecule has 0 atom stereocenters. The van der Waals surface area contributed by atoms with Crippen LogP contribution >= 0.6 is 11.6 Å². The molecule has 1 heterocycles. The Labute approximate surface area is 196 Å². The fourth-order valence-corrected chi connectivity index (χ4v) is 3.52. The number of aryl methyl sites for hydroxylation is 2. The monoisotopic (exact) mass is 456 g/mol. The predicted molar refractivity (Wildman–Crippen MR) is 131 cm³/mol. The van der Waals surface area contributed by atoms with Gasteiger partial charge in [0.15, 0.2) is 6.61 Å². The Hall–Kier alpha value is -4.08. The third-order valence-electron chi connectivity index (χ3n) is 4.97. The number of amides is 1. The van der Waals surface area contributed by atoms with Gasteiger partial charge in [0.05, 0.1) is 21.6 Å². The summed E-state index contributed by atoms with van der Waals surface area (Å²) < 4.78 is 5.57. The second-order valence-corrected chi connectivity index (χ2v) is 8.08. The smallest absolute Gasteiger partial charge is 0.262 e. The van der Waals surface area contributed by atoms with E-state index in [1.165, 1.54) is 0 Å². The Kier molecular flexibility index (Phi) is 6.43. The number of rotatable bonds is 6. The van der Waals surface area contributed by atoms with Gasteiger partial charge in [-0.1, -0.05) is 41.4 Å². The zero-order valence-electron chi connectivity index (χ0n) is 18.1. The minimum atomic E-state index is -0.286. The molecule has 0 bridgehead atoms. The Morgan fingerprint density at radius 2 is 1.88 bits per heavy atom. The van der Waals surface area contributed by atoms with Gasteiger partial charge in [-0.3, -0.25) is 4.79 Å². The highest BCUT2D eigenvalue weighted by Gasteiger charge is 2.10. The Bertz CT molecular complexity index is 1400. The molecule has 4 rings (SSSR count). The number of fused-ring (bicyclic) bond motifs is 1. The molecule has 7 heteroatoms. The van der Waals surface area contributed by atoms with Gasteiger partial charge in [-0.2, -0.15) is 5.26 Å². The quantitative estimate of drug-likeness (QED) is 0.352. The summed E-state index contributed by atoms with van der Waals surface area (Å²) in [5, 5.41) is 12.8. The second-order valence-electron chi connectivity index (χ2n) is 7.67. The first-order valence-electron chi connectivity index (χ1n) is 10.3. The number of halogens is 1. The number of nitrogens with one attached hydrogen (secondary N) is 2. The minimum Gasteiger partial charge on any atom is -0.482 e. The lowest BCUT2D eigenvalue weighted by Gasteiger charge is -2.09. The zero-order chi connectivity index (χ0) is 23.4. The van der Waals surface area contributed by atoms with E-state index in [4.69, 9.17) is 16.3 Å². The van der Waals surface area contributed by atoms with Gasteiger partial charge in [0.25, 0.3) is 5.91 Å². The molecular weight excluding hydrogens is 436 g/mol. The minimum absolute atomic E-state index is 0.176. The molecule has 0 unspecified atom stereocenters. The lowest BCUT2D eigenvalue weighted by atomic mass is 10.1. The van der Waals surface area contributed by atoms with Crippen LogP contribution < -0.4 is 10.1 Å². The number of ether oxygens (including phenoxy) is 1. The molecule has 33 heavy (non-hydrogen) atoms. The van der Waals surface area contributed by atoms with Crippen LogP contribution in [0.2, 0.25) is 5.02 Å². The van der Waals surface area contributed by atoms with Crippen molar-refractivity contribution in [1.82, 2.24) is 9.97 Å². The maximum atomic E-state index is 12.1. The van der Waals surface area contributed by atoms with E-state index in [2.05, 4.69) is 21.4 Å². The number of carbonyl (C=O) groups is 1. The number of nitriles is 1. The Balaban J connectivity index is 1.45. The molecule has 0 saturated heterocycles. The normalized spacial score (nSPS) is 11.3. The molecule has 0 aliphatic rings. The van der Waals surface area contributed by atoms with Gasteiger partial charge in [0, 0.05) is 5.69 Å². The van der Waals surface area contributed by atoms with Crippen molar-refractivity contribution in [2.75, 3.05) is 11.9 Å². The van der Waals surface area contributed by atoms with E-state index in [-0.39, 0.29) is 12.5 Å². The van der Waals surface area contributed by atoms with Crippen LogP contribution in [0.5, 0.6) is 5.75 Å². The van der Waals surface area contributed by atoms with E-state index < -0.39 is 0 Å². The summed E-state index contributed by atoms with van der Waals surface area (Å²) in [5.74, 6) is 0.582. The molecule has 6 nitrogen and oxygen atoms in total. The summed E-state index contributed by atoms with van der Waals surface area (Å²) in [7, 11) is 0. The number of benzene rings is 3. The summed E-state index contributed by atoms with van der Waals surface area (Å²) in [6.45, 7) is 3.80. The average Bonchev–Trinajstić information content (AvgIpc) is 3.21. The highest BCUT2D eigenvalue weighted by atomic mass is 35.5. The highest BCUT2D eigenvalue weighted by molar-refractivity contribution is 6.32. The number of hydrogen-bond acceptors (Lipinski definition) is 4. The Morgan fingerprint density at radius 3 is 2.61 bits per heavy atom. The summed E-state index contributed by atoms with van der Waals surface area (Å²) in [4.78, 5) is 19.8. The predicted octanol–water partition coefficient (Wildman–Crippen LogP) is 5.91.